The van der Waals surface area contributed by atoms with Gasteiger partial charge in [-0.15, -0.1) is 11.3 Å². The van der Waals surface area contributed by atoms with Gasteiger partial charge in [0.05, 0.1) is 18.6 Å². The number of methoxy groups -OCH3 is 1. The zero-order valence-electron chi connectivity index (χ0n) is 13.4. The fraction of sp³-hybridized carbons (Fsp3) is 0.625. The van der Waals surface area contributed by atoms with Crippen LogP contribution in [0.5, 0.6) is 0 Å². The largest absolute Gasteiger partial charge is 0.383 e. The number of amides is 2. The molecule has 2 atom stereocenters. The third-order valence-electron chi connectivity index (χ3n) is 3.96. The molecule has 0 radical (unpaired) electrons. The molecule has 0 bridgehead atoms. The summed E-state index contributed by atoms with van der Waals surface area (Å²) in [6, 6.07) is 4.04. The summed E-state index contributed by atoms with van der Waals surface area (Å²) in [7, 11) is 1.61. The van der Waals surface area contributed by atoms with E-state index < -0.39 is 0 Å². The maximum atomic E-state index is 12.5. The lowest BCUT2D eigenvalue weighted by Crippen LogP contribution is -2.37. The first-order valence-electron chi connectivity index (χ1n) is 7.63. The van der Waals surface area contributed by atoms with Crippen molar-refractivity contribution in [3.63, 3.8) is 0 Å². The first-order chi connectivity index (χ1) is 10.5. The van der Waals surface area contributed by atoms with Crippen molar-refractivity contribution in [1.29, 1.82) is 0 Å². The average Bonchev–Trinajstić information content (AvgIpc) is 3.11. The maximum Gasteiger partial charge on any atom is 0.225 e. The molecule has 2 rings (SSSR count). The highest BCUT2D eigenvalue weighted by atomic mass is 32.1. The number of nitrogens with one attached hydrogen (secondary N) is 1. The monoisotopic (exact) mass is 324 g/mol. The highest BCUT2D eigenvalue weighted by Crippen LogP contribution is 2.27. The van der Waals surface area contributed by atoms with Crippen molar-refractivity contribution >= 4 is 23.2 Å². The van der Waals surface area contributed by atoms with Gasteiger partial charge in [0, 0.05) is 31.5 Å². The van der Waals surface area contributed by atoms with E-state index in [1.54, 1.807) is 23.3 Å². The molecule has 1 aromatic rings. The van der Waals surface area contributed by atoms with Gasteiger partial charge in [0.25, 0.3) is 0 Å². The van der Waals surface area contributed by atoms with Crippen molar-refractivity contribution in [3.05, 3.63) is 22.4 Å². The fourth-order valence-corrected chi connectivity index (χ4v) is 3.62. The molecule has 22 heavy (non-hydrogen) atoms. The number of carbonyl (C=O) groups excluding carboxylic acids is 2. The normalized spacial score (nSPS) is 19.7. The number of nitrogens with zero attached hydrogens (tertiary/aromatic N) is 1. The van der Waals surface area contributed by atoms with Crippen molar-refractivity contribution in [2.24, 2.45) is 11.8 Å². The number of hydrogen-bond donors (Lipinski definition) is 1. The van der Waals surface area contributed by atoms with E-state index in [4.69, 9.17) is 4.74 Å². The zero-order valence-corrected chi connectivity index (χ0v) is 14.2. The topological polar surface area (TPSA) is 58.6 Å². The third kappa shape index (κ3) is 4.08. The predicted molar refractivity (Wildman–Crippen MR) is 86.6 cm³/mol. The Morgan fingerprint density at radius 3 is 2.91 bits per heavy atom. The molecule has 6 heteroatoms. The second-order valence-corrected chi connectivity index (χ2v) is 6.96. The molecule has 0 unspecified atom stereocenters. The Morgan fingerprint density at radius 1 is 1.55 bits per heavy atom. The van der Waals surface area contributed by atoms with Crippen LogP contribution in [-0.4, -0.2) is 43.5 Å². The minimum absolute atomic E-state index is 0.00984. The van der Waals surface area contributed by atoms with Crippen LogP contribution in [0.25, 0.3) is 0 Å². The molecule has 5 nitrogen and oxygen atoms in total. The van der Waals surface area contributed by atoms with E-state index in [0.29, 0.717) is 32.0 Å². The van der Waals surface area contributed by atoms with E-state index in [9.17, 15) is 9.59 Å². The molecule has 2 amide bonds. The Labute approximate surface area is 135 Å². The van der Waals surface area contributed by atoms with Gasteiger partial charge in [-0.1, -0.05) is 19.9 Å². The van der Waals surface area contributed by atoms with E-state index in [1.807, 2.05) is 17.5 Å². The van der Waals surface area contributed by atoms with Gasteiger partial charge < -0.3 is 15.0 Å². The summed E-state index contributed by atoms with van der Waals surface area (Å²) in [6.45, 7) is 5.73. The van der Waals surface area contributed by atoms with E-state index in [-0.39, 0.29) is 23.8 Å². The zero-order chi connectivity index (χ0) is 16.1. The highest BCUT2D eigenvalue weighted by molar-refractivity contribution is 7.10. The molecule has 0 aromatic carbocycles. The van der Waals surface area contributed by atoms with Gasteiger partial charge in [-0.25, -0.2) is 0 Å². The van der Waals surface area contributed by atoms with Crippen molar-refractivity contribution < 1.29 is 14.3 Å². The lowest BCUT2D eigenvalue weighted by atomic mass is 10.0. The first-order valence-corrected chi connectivity index (χ1v) is 8.51. The van der Waals surface area contributed by atoms with Crippen LogP contribution in [0, 0.1) is 11.8 Å². The molecule has 0 spiro atoms. The first kappa shape index (κ1) is 17.0. The standard InChI is InChI=1S/C16H24N2O3S/c1-11(2)15(13-5-4-8-22-13)17-16(20)12-9-14(19)18(10-12)6-7-21-3/h4-5,8,11-12,15H,6-7,9-10H2,1-3H3,(H,17,20)/t12-,15-/m0/s1. The van der Waals surface area contributed by atoms with Crippen LogP contribution < -0.4 is 5.32 Å². The predicted octanol–water partition coefficient (Wildman–Crippen LogP) is 2.06. The molecule has 1 fully saturated rings. The van der Waals surface area contributed by atoms with Crippen molar-refractivity contribution in [2.45, 2.75) is 26.3 Å². The van der Waals surface area contributed by atoms with Crippen LogP contribution in [-0.2, 0) is 14.3 Å². The van der Waals surface area contributed by atoms with Crippen LogP contribution in [0.15, 0.2) is 17.5 Å². The van der Waals surface area contributed by atoms with Gasteiger partial charge in [-0.05, 0) is 17.4 Å². The molecule has 1 N–H and O–H groups in total. The lowest BCUT2D eigenvalue weighted by Gasteiger charge is -2.23. The summed E-state index contributed by atoms with van der Waals surface area (Å²) in [5.41, 5.74) is 0. The van der Waals surface area contributed by atoms with Crippen LogP contribution in [0.1, 0.15) is 31.2 Å². The van der Waals surface area contributed by atoms with Crippen molar-refractivity contribution in [3.8, 4) is 0 Å². The van der Waals surface area contributed by atoms with E-state index in [0.717, 1.165) is 4.88 Å². The maximum absolute atomic E-state index is 12.5. The number of rotatable bonds is 7. The molecule has 1 aliphatic heterocycles. The van der Waals surface area contributed by atoms with E-state index >= 15 is 0 Å². The molecule has 2 heterocycles. The number of hydrogen-bond acceptors (Lipinski definition) is 4. The minimum Gasteiger partial charge on any atom is -0.383 e. The molecule has 0 saturated carbocycles. The molecule has 0 aliphatic carbocycles. The number of thiophene rings is 1. The van der Waals surface area contributed by atoms with Gasteiger partial charge >= 0.3 is 0 Å². The van der Waals surface area contributed by atoms with Gasteiger partial charge in [0.1, 0.15) is 0 Å². The third-order valence-corrected chi connectivity index (χ3v) is 4.92. The summed E-state index contributed by atoms with van der Waals surface area (Å²) < 4.78 is 5.00. The summed E-state index contributed by atoms with van der Waals surface area (Å²) in [6.07, 6.45) is 0.296. The molecule has 1 saturated heterocycles. The number of ether oxygens (including phenoxy) is 1. The van der Waals surface area contributed by atoms with Crippen LogP contribution in [0.4, 0.5) is 0 Å². The van der Waals surface area contributed by atoms with Crippen LogP contribution in [0.3, 0.4) is 0 Å². The van der Waals surface area contributed by atoms with Gasteiger partial charge in [-0.2, -0.15) is 0 Å². The average molecular weight is 324 g/mol. The molecule has 1 aliphatic rings. The molecular formula is C16H24N2O3S. The lowest BCUT2D eigenvalue weighted by molar-refractivity contribution is -0.129. The minimum atomic E-state index is -0.259. The Hall–Kier alpha value is -1.40. The molecule has 1 aromatic heterocycles. The second-order valence-electron chi connectivity index (χ2n) is 5.98. The Balaban J connectivity index is 1.95. The molecular weight excluding hydrogens is 300 g/mol. The van der Waals surface area contributed by atoms with E-state index in [2.05, 4.69) is 19.2 Å². The summed E-state index contributed by atoms with van der Waals surface area (Å²) in [5, 5.41) is 5.14. The summed E-state index contributed by atoms with van der Waals surface area (Å²) >= 11 is 1.65. The van der Waals surface area contributed by atoms with Gasteiger partial charge in [0.2, 0.25) is 11.8 Å². The smallest absolute Gasteiger partial charge is 0.225 e. The Bertz CT molecular complexity index is 501. The summed E-state index contributed by atoms with van der Waals surface area (Å²) in [5.74, 6) is 0.0599. The number of carbonyl (C=O) groups is 2. The SMILES string of the molecule is COCCN1C[C@@H](C(=O)N[C@H](c2cccs2)C(C)C)CC1=O. The second kappa shape index (κ2) is 7.74. The van der Waals surface area contributed by atoms with Gasteiger partial charge in [0.15, 0.2) is 0 Å². The molecule has 122 valence electrons. The van der Waals surface area contributed by atoms with Crippen LogP contribution in [0.2, 0.25) is 0 Å². The number of likely N-dealkylation sites (tertiary alicyclic amines) is 1. The van der Waals surface area contributed by atoms with Crippen molar-refractivity contribution in [2.75, 3.05) is 26.8 Å². The van der Waals surface area contributed by atoms with Crippen molar-refractivity contribution in [1.82, 2.24) is 10.2 Å². The van der Waals surface area contributed by atoms with Gasteiger partial charge in [-0.3, -0.25) is 9.59 Å². The summed E-state index contributed by atoms with van der Waals surface area (Å²) in [4.78, 5) is 27.3. The Kier molecular flexibility index (Phi) is 5.97. The van der Waals surface area contributed by atoms with Crippen LogP contribution >= 0.6 is 11.3 Å². The Morgan fingerprint density at radius 2 is 2.32 bits per heavy atom. The van der Waals surface area contributed by atoms with E-state index in [1.165, 1.54) is 0 Å². The quantitative estimate of drug-likeness (QED) is 0.835. The fourth-order valence-electron chi connectivity index (χ4n) is 2.67. The highest BCUT2D eigenvalue weighted by Gasteiger charge is 2.35.